The predicted octanol–water partition coefficient (Wildman–Crippen LogP) is 2.30. The van der Waals surface area contributed by atoms with E-state index in [4.69, 9.17) is 16.7 Å². The second kappa shape index (κ2) is 8.01. The number of carboxylic acids is 1. The summed E-state index contributed by atoms with van der Waals surface area (Å²) >= 11 is 7.03. The number of carbonyl (C=O) groups excluding carboxylic acids is 1. The fourth-order valence-corrected chi connectivity index (χ4v) is 2.46. The van der Waals surface area contributed by atoms with Gasteiger partial charge in [0, 0.05) is 5.75 Å². The molecule has 0 saturated heterocycles. The van der Waals surface area contributed by atoms with Crippen LogP contribution >= 0.6 is 23.4 Å². The zero-order valence-electron chi connectivity index (χ0n) is 9.94. The second-order valence-electron chi connectivity index (χ2n) is 3.77. The Labute approximate surface area is 119 Å². The molecule has 0 heterocycles. The summed E-state index contributed by atoms with van der Waals surface area (Å²) in [6.45, 7) is 0. The molecule has 0 bridgehead atoms. The summed E-state index contributed by atoms with van der Waals surface area (Å²) < 4.78 is 13.2. The van der Waals surface area contributed by atoms with E-state index in [0.717, 1.165) is 5.56 Å². The molecule has 1 aromatic rings. The van der Waals surface area contributed by atoms with Crippen molar-refractivity contribution in [3.8, 4) is 0 Å². The van der Waals surface area contributed by atoms with Crippen LogP contribution in [0, 0.1) is 5.82 Å². The highest BCUT2D eigenvalue weighted by Gasteiger charge is 2.15. The van der Waals surface area contributed by atoms with Crippen molar-refractivity contribution in [1.29, 1.82) is 0 Å². The molecule has 1 amide bonds. The highest BCUT2D eigenvalue weighted by Crippen LogP contribution is 2.19. The van der Waals surface area contributed by atoms with Gasteiger partial charge >= 0.3 is 5.97 Å². The molecule has 0 saturated carbocycles. The number of carbonyl (C=O) groups is 2. The first-order valence-corrected chi connectivity index (χ1v) is 7.02. The Morgan fingerprint density at radius 3 is 2.89 bits per heavy atom. The van der Waals surface area contributed by atoms with Gasteiger partial charge in [0.2, 0.25) is 6.41 Å². The lowest BCUT2D eigenvalue weighted by atomic mass is 10.2. The number of amides is 1. The molecule has 0 radical (unpaired) electrons. The van der Waals surface area contributed by atoms with Crippen molar-refractivity contribution in [2.24, 2.45) is 0 Å². The Kier molecular flexibility index (Phi) is 6.66. The number of rotatable bonds is 8. The molecule has 0 fully saturated rings. The minimum atomic E-state index is -1.06. The molecule has 0 spiro atoms. The van der Waals surface area contributed by atoms with Gasteiger partial charge < -0.3 is 10.4 Å². The second-order valence-corrected chi connectivity index (χ2v) is 5.28. The molecular weight excluding hydrogens is 293 g/mol. The van der Waals surface area contributed by atoms with Crippen LogP contribution in [0.2, 0.25) is 5.02 Å². The van der Waals surface area contributed by atoms with Crippen LogP contribution in [0.25, 0.3) is 0 Å². The lowest BCUT2D eigenvalue weighted by Crippen LogP contribution is -2.36. The van der Waals surface area contributed by atoms with Crippen LogP contribution in [0.3, 0.4) is 0 Å². The lowest BCUT2D eigenvalue weighted by Gasteiger charge is -2.10. The van der Waals surface area contributed by atoms with E-state index >= 15 is 0 Å². The average Bonchev–Trinajstić information content (AvgIpc) is 2.37. The summed E-state index contributed by atoms with van der Waals surface area (Å²) in [5.74, 6) is -0.431. The van der Waals surface area contributed by atoms with Crippen molar-refractivity contribution in [1.82, 2.24) is 5.32 Å². The van der Waals surface area contributed by atoms with Crippen LogP contribution in [0.15, 0.2) is 18.2 Å². The van der Waals surface area contributed by atoms with E-state index in [1.165, 1.54) is 23.9 Å². The molecule has 1 rings (SSSR count). The van der Waals surface area contributed by atoms with E-state index in [9.17, 15) is 14.0 Å². The van der Waals surface area contributed by atoms with Crippen molar-refractivity contribution < 1.29 is 19.1 Å². The zero-order valence-corrected chi connectivity index (χ0v) is 11.5. The van der Waals surface area contributed by atoms with Crippen molar-refractivity contribution >= 4 is 35.7 Å². The molecule has 0 aliphatic heterocycles. The van der Waals surface area contributed by atoms with Gasteiger partial charge in [-0.3, -0.25) is 4.79 Å². The summed E-state index contributed by atoms with van der Waals surface area (Å²) in [5.41, 5.74) is 0.780. The third-order valence-electron chi connectivity index (χ3n) is 2.37. The summed E-state index contributed by atoms with van der Waals surface area (Å²) in [4.78, 5) is 20.9. The first-order chi connectivity index (χ1) is 9.04. The quantitative estimate of drug-likeness (QED) is 0.571. The number of hydrogen-bond acceptors (Lipinski definition) is 3. The van der Waals surface area contributed by atoms with Gasteiger partial charge in [0.25, 0.3) is 0 Å². The molecule has 2 N–H and O–H groups in total. The van der Waals surface area contributed by atoms with Crippen molar-refractivity contribution in [2.75, 3.05) is 5.75 Å². The molecule has 0 aromatic heterocycles. The van der Waals surface area contributed by atoms with Crippen LogP contribution in [0.5, 0.6) is 0 Å². The SMILES string of the molecule is O=CNC(CCSCc1ccc(Cl)c(F)c1)C(=O)O. The molecule has 1 atom stereocenters. The van der Waals surface area contributed by atoms with E-state index in [0.29, 0.717) is 24.3 Å². The third-order valence-corrected chi connectivity index (χ3v) is 3.74. The lowest BCUT2D eigenvalue weighted by molar-refractivity contribution is -0.140. The van der Waals surface area contributed by atoms with Gasteiger partial charge in [-0.25, -0.2) is 9.18 Å². The van der Waals surface area contributed by atoms with E-state index < -0.39 is 17.8 Å². The first kappa shape index (κ1) is 15.8. The van der Waals surface area contributed by atoms with Crippen molar-refractivity contribution in [2.45, 2.75) is 18.2 Å². The first-order valence-electron chi connectivity index (χ1n) is 5.48. The standard InChI is InChI=1S/C12H13ClFNO3S/c13-9-2-1-8(5-10(9)14)6-19-4-3-11(12(17)18)15-7-16/h1-2,5,7,11H,3-4,6H2,(H,15,16)(H,17,18). The molecule has 4 nitrogen and oxygen atoms in total. The molecule has 0 aliphatic carbocycles. The van der Waals surface area contributed by atoms with Gasteiger partial charge in [0.15, 0.2) is 0 Å². The number of hydrogen-bond donors (Lipinski definition) is 2. The molecule has 104 valence electrons. The Balaban J connectivity index is 2.35. The van der Waals surface area contributed by atoms with Crippen molar-refractivity contribution in [3.63, 3.8) is 0 Å². The van der Waals surface area contributed by atoms with Crippen LogP contribution in [-0.4, -0.2) is 29.3 Å². The summed E-state index contributed by atoms with van der Waals surface area (Å²) in [6, 6.07) is 3.68. The average molecular weight is 306 g/mol. The fourth-order valence-electron chi connectivity index (χ4n) is 1.38. The summed E-state index contributed by atoms with van der Waals surface area (Å²) in [7, 11) is 0. The number of aliphatic carboxylic acids is 1. The van der Waals surface area contributed by atoms with Gasteiger partial charge in [0.1, 0.15) is 11.9 Å². The predicted molar refractivity (Wildman–Crippen MR) is 72.8 cm³/mol. The minimum Gasteiger partial charge on any atom is -0.480 e. The van der Waals surface area contributed by atoms with Crippen LogP contribution in [-0.2, 0) is 15.3 Å². The maximum atomic E-state index is 13.2. The van der Waals surface area contributed by atoms with Gasteiger partial charge in [-0.1, -0.05) is 17.7 Å². The number of halogens is 2. The molecule has 1 aromatic carbocycles. The topological polar surface area (TPSA) is 66.4 Å². The fraction of sp³-hybridized carbons (Fsp3) is 0.333. The Morgan fingerprint density at radius 1 is 1.58 bits per heavy atom. The number of nitrogens with one attached hydrogen (secondary N) is 1. The molecular formula is C12H13ClFNO3S. The molecule has 7 heteroatoms. The molecule has 0 aliphatic rings. The molecule has 19 heavy (non-hydrogen) atoms. The number of thioether (sulfide) groups is 1. The largest absolute Gasteiger partial charge is 0.480 e. The maximum absolute atomic E-state index is 13.2. The van der Waals surface area contributed by atoms with Crippen LogP contribution in [0.1, 0.15) is 12.0 Å². The van der Waals surface area contributed by atoms with Gasteiger partial charge in [-0.05, 0) is 29.9 Å². The smallest absolute Gasteiger partial charge is 0.326 e. The summed E-state index contributed by atoms with van der Waals surface area (Å²) in [6.07, 6.45) is 0.687. The summed E-state index contributed by atoms with van der Waals surface area (Å²) in [5, 5.41) is 11.1. The van der Waals surface area contributed by atoms with Gasteiger partial charge in [-0.2, -0.15) is 11.8 Å². The van der Waals surface area contributed by atoms with E-state index in [2.05, 4.69) is 5.32 Å². The van der Waals surface area contributed by atoms with Gasteiger partial charge in [-0.15, -0.1) is 0 Å². The van der Waals surface area contributed by atoms with E-state index in [1.807, 2.05) is 0 Å². The highest BCUT2D eigenvalue weighted by atomic mass is 35.5. The number of benzene rings is 1. The van der Waals surface area contributed by atoms with Crippen LogP contribution in [0.4, 0.5) is 4.39 Å². The molecule has 1 unspecified atom stereocenters. The van der Waals surface area contributed by atoms with E-state index in [1.54, 1.807) is 6.07 Å². The van der Waals surface area contributed by atoms with Crippen molar-refractivity contribution in [3.05, 3.63) is 34.6 Å². The van der Waals surface area contributed by atoms with Gasteiger partial charge in [0.05, 0.1) is 5.02 Å². The zero-order chi connectivity index (χ0) is 14.3. The maximum Gasteiger partial charge on any atom is 0.326 e. The van der Waals surface area contributed by atoms with Crippen LogP contribution < -0.4 is 5.32 Å². The third kappa shape index (κ3) is 5.48. The number of carboxylic acid groups (broad SMARTS) is 1. The normalized spacial score (nSPS) is 11.9. The minimum absolute atomic E-state index is 0.0786. The van der Waals surface area contributed by atoms with E-state index in [-0.39, 0.29) is 5.02 Å². The monoisotopic (exact) mass is 305 g/mol. The Hall–Kier alpha value is -1.27. The Morgan fingerprint density at radius 2 is 2.32 bits per heavy atom. The highest BCUT2D eigenvalue weighted by molar-refractivity contribution is 7.98. The Bertz CT molecular complexity index is 459.